The summed E-state index contributed by atoms with van der Waals surface area (Å²) in [4.78, 5) is 0. The van der Waals surface area contributed by atoms with Gasteiger partial charge in [-0.2, -0.15) is 0 Å². The lowest BCUT2D eigenvalue weighted by atomic mass is 10.3. The highest BCUT2D eigenvalue weighted by atomic mass is 16.5. The Labute approximate surface area is 90.6 Å². The number of benzene rings is 1. The van der Waals surface area contributed by atoms with Crippen molar-refractivity contribution in [1.29, 1.82) is 0 Å². The molecule has 0 radical (unpaired) electrons. The zero-order valence-corrected chi connectivity index (χ0v) is 8.91. The Bertz CT molecular complexity index is 310. The van der Waals surface area contributed by atoms with Crippen LogP contribution >= 0.6 is 0 Å². The zero-order chi connectivity index (χ0) is 10.5. The summed E-state index contributed by atoms with van der Waals surface area (Å²) < 4.78 is 5.52. The monoisotopic (exact) mass is 206 g/mol. The lowest BCUT2D eigenvalue weighted by Crippen LogP contribution is -2.11. The van der Waals surface area contributed by atoms with Crippen molar-refractivity contribution in [2.75, 3.05) is 30.8 Å². The quantitative estimate of drug-likeness (QED) is 0.553. The van der Waals surface area contributed by atoms with Crippen LogP contribution in [0.1, 0.15) is 12.8 Å². The lowest BCUT2D eigenvalue weighted by Gasteiger charge is -2.09. The van der Waals surface area contributed by atoms with Gasteiger partial charge in [0.1, 0.15) is 0 Å². The van der Waals surface area contributed by atoms with E-state index in [1.807, 2.05) is 24.3 Å². The maximum atomic E-state index is 5.79. The Kier molecular flexibility index (Phi) is 3.45. The second kappa shape index (κ2) is 5.03. The van der Waals surface area contributed by atoms with E-state index in [2.05, 4.69) is 5.32 Å². The van der Waals surface area contributed by atoms with Crippen LogP contribution in [0.25, 0.3) is 0 Å². The fourth-order valence-electron chi connectivity index (χ4n) is 1.45. The molecule has 15 heavy (non-hydrogen) atoms. The molecule has 3 nitrogen and oxygen atoms in total. The molecule has 0 amide bonds. The molecule has 0 heterocycles. The summed E-state index contributed by atoms with van der Waals surface area (Å²) in [6.45, 7) is 2.50. The lowest BCUT2D eigenvalue weighted by molar-refractivity contribution is 0.134. The highest BCUT2D eigenvalue weighted by Gasteiger charge is 2.20. The van der Waals surface area contributed by atoms with Crippen molar-refractivity contribution in [3.8, 4) is 0 Å². The Balaban J connectivity index is 1.62. The van der Waals surface area contributed by atoms with Crippen molar-refractivity contribution in [2.24, 2.45) is 5.92 Å². The standard InChI is InChI=1S/C12H18N2O/c13-11-3-1-2-4-12(11)14-7-8-15-9-10-5-6-10/h1-4,10,14H,5-9,13H2. The van der Waals surface area contributed by atoms with Gasteiger partial charge in [-0.15, -0.1) is 0 Å². The molecule has 1 aromatic carbocycles. The minimum atomic E-state index is 0.755. The first-order valence-electron chi connectivity index (χ1n) is 5.52. The van der Waals surface area contributed by atoms with Crippen LogP contribution in [0.5, 0.6) is 0 Å². The number of ether oxygens (including phenoxy) is 1. The fourth-order valence-corrected chi connectivity index (χ4v) is 1.45. The van der Waals surface area contributed by atoms with Crippen LogP contribution in [0.15, 0.2) is 24.3 Å². The van der Waals surface area contributed by atoms with E-state index in [-0.39, 0.29) is 0 Å². The third-order valence-corrected chi connectivity index (χ3v) is 2.57. The summed E-state index contributed by atoms with van der Waals surface area (Å²) in [5, 5.41) is 3.26. The molecular formula is C12H18N2O. The molecule has 1 saturated carbocycles. The molecule has 1 fully saturated rings. The molecule has 0 unspecified atom stereocenters. The van der Waals surface area contributed by atoms with Crippen molar-refractivity contribution in [2.45, 2.75) is 12.8 Å². The van der Waals surface area contributed by atoms with E-state index in [0.717, 1.165) is 37.1 Å². The van der Waals surface area contributed by atoms with Crippen LogP contribution in [0, 0.1) is 5.92 Å². The number of nitrogen functional groups attached to an aromatic ring is 1. The summed E-state index contributed by atoms with van der Waals surface area (Å²) in [5.74, 6) is 0.840. The molecule has 1 aromatic rings. The summed E-state index contributed by atoms with van der Waals surface area (Å²) in [6, 6.07) is 7.79. The van der Waals surface area contributed by atoms with E-state index in [9.17, 15) is 0 Å². The van der Waals surface area contributed by atoms with Crippen LogP contribution in [0.4, 0.5) is 11.4 Å². The maximum Gasteiger partial charge on any atom is 0.0639 e. The highest BCUT2D eigenvalue weighted by molar-refractivity contribution is 5.65. The van der Waals surface area contributed by atoms with Crippen LogP contribution in [0.3, 0.4) is 0 Å². The number of hydrogen-bond acceptors (Lipinski definition) is 3. The van der Waals surface area contributed by atoms with Gasteiger partial charge in [0.25, 0.3) is 0 Å². The van der Waals surface area contributed by atoms with Crippen molar-refractivity contribution in [3.63, 3.8) is 0 Å². The molecule has 3 heteroatoms. The van der Waals surface area contributed by atoms with Crippen LogP contribution < -0.4 is 11.1 Å². The maximum absolute atomic E-state index is 5.79. The van der Waals surface area contributed by atoms with Gasteiger partial charge in [0, 0.05) is 13.2 Å². The predicted molar refractivity (Wildman–Crippen MR) is 62.9 cm³/mol. The van der Waals surface area contributed by atoms with Crippen molar-refractivity contribution in [1.82, 2.24) is 0 Å². The normalized spacial score (nSPS) is 15.2. The molecule has 0 aliphatic heterocycles. The smallest absolute Gasteiger partial charge is 0.0639 e. The number of para-hydroxylation sites is 2. The van der Waals surface area contributed by atoms with E-state index in [4.69, 9.17) is 10.5 Å². The molecule has 0 atom stereocenters. The summed E-state index contributed by atoms with van der Waals surface area (Å²) >= 11 is 0. The third kappa shape index (κ3) is 3.44. The van der Waals surface area contributed by atoms with Gasteiger partial charge in [-0.3, -0.25) is 0 Å². The Hall–Kier alpha value is -1.22. The Morgan fingerprint density at radius 1 is 1.33 bits per heavy atom. The molecule has 0 spiro atoms. The summed E-state index contributed by atoms with van der Waals surface area (Å²) in [7, 11) is 0. The van der Waals surface area contributed by atoms with Gasteiger partial charge in [0.05, 0.1) is 18.0 Å². The summed E-state index contributed by atoms with van der Waals surface area (Å²) in [5.41, 5.74) is 7.57. The minimum Gasteiger partial charge on any atom is -0.397 e. The van der Waals surface area contributed by atoms with Crippen LogP contribution in [-0.4, -0.2) is 19.8 Å². The fraction of sp³-hybridized carbons (Fsp3) is 0.500. The zero-order valence-electron chi connectivity index (χ0n) is 8.91. The van der Waals surface area contributed by atoms with Gasteiger partial charge in [-0.05, 0) is 30.9 Å². The van der Waals surface area contributed by atoms with E-state index >= 15 is 0 Å². The number of nitrogens with one attached hydrogen (secondary N) is 1. The first-order valence-corrected chi connectivity index (χ1v) is 5.52. The minimum absolute atomic E-state index is 0.755. The van der Waals surface area contributed by atoms with Crippen molar-refractivity contribution >= 4 is 11.4 Å². The first kappa shape index (κ1) is 10.3. The van der Waals surface area contributed by atoms with Gasteiger partial charge >= 0.3 is 0 Å². The van der Waals surface area contributed by atoms with Crippen molar-refractivity contribution in [3.05, 3.63) is 24.3 Å². The van der Waals surface area contributed by atoms with Gasteiger partial charge in [0.2, 0.25) is 0 Å². The topological polar surface area (TPSA) is 47.3 Å². The SMILES string of the molecule is Nc1ccccc1NCCOCC1CC1. The second-order valence-corrected chi connectivity index (χ2v) is 4.03. The molecule has 82 valence electrons. The number of anilines is 2. The first-order chi connectivity index (χ1) is 7.36. The van der Waals surface area contributed by atoms with E-state index in [1.165, 1.54) is 12.8 Å². The molecule has 0 bridgehead atoms. The molecule has 2 rings (SSSR count). The summed E-state index contributed by atoms with van der Waals surface area (Å²) in [6.07, 6.45) is 2.69. The second-order valence-electron chi connectivity index (χ2n) is 4.03. The molecule has 3 N–H and O–H groups in total. The molecule has 1 aliphatic carbocycles. The molecule has 1 aliphatic rings. The van der Waals surface area contributed by atoms with Gasteiger partial charge in [-0.1, -0.05) is 12.1 Å². The molecule has 0 saturated heterocycles. The van der Waals surface area contributed by atoms with Gasteiger partial charge in [0.15, 0.2) is 0 Å². The Morgan fingerprint density at radius 3 is 2.87 bits per heavy atom. The van der Waals surface area contributed by atoms with Gasteiger partial charge < -0.3 is 15.8 Å². The molecule has 0 aromatic heterocycles. The van der Waals surface area contributed by atoms with Crippen molar-refractivity contribution < 1.29 is 4.74 Å². The largest absolute Gasteiger partial charge is 0.397 e. The molecular weight excluding hydrogens is 188 g/mol. The number of hydrogen-bond donors (Lipinski definition) is 2. The van der Waals surface area contributed by atoms with E-state index < -0.39 is 0 Å². The highest BCUT2D eigenvalue weighted by Crippen LogP contribution is 2.28. The van der Waals surface area contributed by atoms with E-state index in [0.29, 0.717) is 0 Å². The van der Waals surface area contributed by atoms with Gasteiger partial charge in [-0.25, -0.2) is 0 Å². The third-order valence-electron chi connectivity index (χ3n) is 2.57. The predicted octanol–water partition coefficient (Wildman–Crippen LogP) is 2.11. The van der Waals surface area contributed by atoms with Crippen LogP contribution in [0.2, 0.25) is 0 Å². The number of rotatable bonds is 6. The number of nitrogens with two attached hydrogens (primary N) is 1. The van der Waals surface area contributed by atoms with Crippen LogP contribution in [-0.2, 0) is 4.74 Å². The average Bonchev–Trinajstić information content (AvgIpc) is 3.04. The average molecular weight is 206 g/mol. The Morgan fingerprint density at radius 2 is 2.13 bits per heavy atom. The van der Waals surface area contributed by atoms with E-state index in [1.54, 1.807) is 0 Å².